The number of hydrogen-bond donors (Lipinski definition) is 2. The smallest absolute Gasteiger partial charge is 0.123 e. The lowest BCUT2D eigenvalue weighted by atomic mass is 10.0. The predicted octanol–water partition coefficient (Wildman–Crippen LogP) is 4.53. The molecule has 1 aromatic heterocycles. The summed E-state index contributed by atoms with van der Waals surface area (Å²) < 4.78 is 21.8. The Balaban J connectivity index is 1.64. The molecular weight excluding hydrogens is 379 g/mol. The number of likely N-dealkylation sites (N-methyl/N-ethyl adjacent to an activating group) is 1. The summed E-state index contributed by atoms with van der Waals surface area (Å²) in [6, 6.07) is 23.9. The Morgan fingerprint density at radius 1 is 1.00 bits per heavy atom. The van der Waals surface area contributed by atoms with Gasteiger partial charge < -0.3 is 19.7 Å². The van der Waals surface area contributed by atoms with Crippen molar-refractivity contribution >= 4 is 10.9 Å². The molecule has 0 aliphatic carbocycles. The zero-order valence-corrected chi connectivity index (χ0v) is 16.8. The molecule has 0 amide bonds. The van der Waals surface area contributed by atoms with Crippen LogP contribution in [0, 0.1) is 5.82 Å². The summed E-state index contributed by atoms with van der Waals surface area (Å²) in [6.07, 6.45) is 1.21. The minimum Gasteiger partial charge on any atom is -0.489 e. The van der Waals surface area contributed by atoms with Crippen LogP contribution in [0.15, 0.2) is 85.1 Å². The number of benzene rings is 3. The molecule has 4 rings (SSSR count). The number of ether oxygens (including phenoxy) is 1. The number of nitrogens with one attached hydrogen (secondary N) is 1. The zero-order chi connectivity index (χ0) is 20.9. The summed E-state index contributed by atoms with van der Waals surface area (Å²) in [5.74, 6) is 0.462. The Hall–Kier alpha value is -3.15. The van der Waals surface area contributed by atoms with Crippen LogP contribution in [0.3, 0.4) is 0 Å². The third kappa shape index (κ3) is 4.37. The third-order valence-corrected chi connectivity index (χ3v) is 5.21. The number of halogens is 1. The van der Waals surface area contributed by atoms with E-state index in [4.69, 9.17) is 4.74 Å². The van der Waals surface area contributed by atoms with Crippen molar-refractivity contribution in [3.05, 3.63) is 102 Å². The molecule has 0 saturated heterocycles. The maximum atomic E-state index is 13.9. The number of aliphatic hydroxyl groups is 1. The van der Waals surface area contributed by atoms with Gasteiger partial charge in [0.2, 0.25) is 0 Å². The van der Waals surface area contributed by atoms with E-state index in [1.807, 2.05) is 71.4 Å². The first kappa shape index (κ1) is 20.1. The lowest BCUT2D eigenvalue weighted by Crippen LogP contribution is -2.33. The Morgan fingerprint density at radius 2 is 1.83 bits per heavy atom. The van der Waals surface area contributed by atoms with Crippen LogP contribution in [0.4, 0.5) is 4.39 Å². The van der Waals surface area contributed by atoms with E-state index in [1.54, 1.807) is 13.1 Å². The Kier molecular flexibility index (Phi) is 6.12. The number of fused-ring (bicyclic) bond motifs is 1. The molecule has 0 bridgehead atoms. The highest BCUT2D eigenvalue weighted by molar-refractivity contribution is 5.82. The fourth-order valence-electron chi connectivity index (χ4n) is 3.79. The summed E-state index contributed by atoms with van der Waals surface area (Å²) in [5, 5.41) is 14.8. The molecule has 2 atom stereocenters. The second-order valence-corrected chi connectivity index (χ2v) is 7.34. The minimum atomic E-state index is -0.721. The first-order valence-corrected chi connectivity index (χ1v) is 10.0. The maximum absolute atomic E-state index is 13.9. The van der Waals surface area contributed by atoms with Crippen LogP contribution in [-0.4, -0.2) is 29.4 Å². The van der Waals surface area contributed by atoms with Gasteiger partial charge in [0.05, 0.1) is 12.1 Å². The summed E-state index contributed by atoms with van der Waals surface area (Å²) in [5.41, 5.74) is 2.78. The van der Waals surface area contributed by atoms with Gasteiger partial charge in [0.1, 0.15) is 18.2 Å². The molecule has 2 N–H and O–H groups in total. The third-order valence-electron chi connectivity index (χ3n) is 5.21. The second kappa shape index (κ2) is 9.11. The van der Waals surface area contributed by atoms with Gasteiger partial charge in [-0.15, -0.1) is 0 Å². The van der Waals surface area contributed by atoms with Crippen LogP contribution in [0.1, 0.15) is 17.2 Å². The van der Waals surface area contributed by atoms with Crippen LogP contribution in [0.5, 0.6) is 5.75 Å². The fourth-order valence-corrected chi connectivity index (χ4v) is 3.79. The van der Waals surface area contributed by atoms with Crippen LogP contribution in [-0.2, 0) is 6.61 Å². The van der Waals surface area contributed by atoms with Crippen LogP contribution < -0.4 is 10.1 Å². The molecule has 0 radical (unpaired) electrons. The van der Waals surface area contributed by atoms with E-state index in [0.717, 1.165) is 27.8 Å². The van der Waals surface area contributed by atoms with Gasteiger partial charge in [-0.05, 0) is 54.6 Å². The van der Waals surface area contributed by atoms with Crippen LogP contribution >= 0.6 is 0 Å². The number of aromatic nitrogens is 1. The van der Waals surface area contributed by atoms with Crippen molar-refractivity contribution < 1.29 is 14.2 Å². The summed E-state index contributed by atoms with van der Waals surface area (Å²) in [6.45, 7) is 0.888. The van der Waals surface area contributed by atoms with Gasteiger partial charge in [-0.3, -0.25) is 0 Å². The molecule has 0 aliphatic rings. The number of rotatable bonds is 8. The largest absolute Gasteiger partial charge is 0.489 e. The molecule has 3 aromatic carbocycles. The SMILES string of the molecule is CNC[C@@H](O)[C@H](c1cccc(F)c1)n1ccc2cc(OCc3ccccc3)ccc21. The lowest BCUT2D eigenvalue weighted by Gasteiger charge is -2.26. The van der Waals surface area contributed by atoms with Crippen LogP contribution in [0.25, 0.3) is 10.9 Å². The average Bonchev–Trinajstić information content (AvgIpc) is 3.16. The molecule has 4 nitrogen and oxygen atoms in total. The molecule has 0 fully saturated rings. The first-order chi connectivity index (χ1) is 14.7. The van der Waals surface area contributed by atoms with E-state index in [-0.39, 0.29) is 5.82 Å². The highest BCUT2D eigenvalue weighted by Gasteiger charge is 2.24. The molecule has 1 heterocycles. The van der Waals surface area contributed by atoms with Crippen molar-refractivity contribution in [2.24, 2.45) is 0 Å². The molecule has 30 heavy (non-hydrogen) atoms. The van der Waals surface area contributed by atoms with Gasteiger partial charge in [0.15, 0.2) is 0 Å². The molecule has 0 saturated carbocycles. The normalized spacial score (nSPS) is 13.3. The van der Waals surface area contributed by atoms with Gasteiger partial charge in [0, 0.05) is 23.6 Å². The minimum absolute atomic E-state index is 0.317. The van der Waals surface area contributed by atoms with Gasteiger partial charge in [-0.25, -0.2) is 4.39 Å². The van der Waals surface area contributed by atoms with E-state index < -0.39 is 12.1 Å². The Labute approximate surface area is 175 Å². The molecule has 5 heteroatoms. The second-order valence-electron chi connectivity index (χ2n) is 7.34. The molecule has 154 valence electrons. The molecular formula is C25H25FN2O2. The van der Waals surface area contributed by atoms with E-state index in [0.29, 0.717) is 13.2 Å². The van der Waals surface area contributed by atoms with Crippen molar-refractivity contribution in [2.75, 3.05) is 13.6 Å². The van der Waals surface area contributed by atoms with E-state index in [9.17, 15) is 9.50 Å². The number of aliphatic hydroxyl groups excluding tert-OH is 1. The number of hydrogen-bond acceptors (Lipinski definition) is 3. The highest BCUT2D eigenvalue weighted by Crippen LogP contribution is 2.30. The van der Waals surface area contributed by atoms with Gasteiger partial charge in [-0.2, -0.15) is 0 Å². The molecule has 0 aliphatic heterocycles. The van der Waals surface area contributed by atoms with E-state index in [1.165, 1.54) is 12.1 Å². The molecule has 0 spiro atoms. The standard InChI is InChI=1S/C25H25FN2O2/c1-27-16-24(29)25(20-8-5-9-21(26)14-20)28-13-12-19-15-22(10-11-23(19)28)30-17-18-6-3-2-4-7-18/h2-15,24-25,27,29H,16-17H2,1H3/t24-,25+/m1/s1. The average molecular weight is 404 g/mol. The Morgan fingerprint density at radius 3 is 2.60 bits per heavy atom. The van der Waals surface area contributed by atoms with Gasteiger partial charge >= 0.3 is 0 Å². The summed E-state index contributed by atoms with van der Waals surface area (Å²) >= 11 is 0. The first-order valence-electron chi connectivity index (χ1n) is 10.0. The van der Waals surface area contributed by atoms with Gasteiger partial charge in [0.25, 0.3) is 0 Å². The van der Waals surface area contributed by atoms with Crippen molar-refractivity contribution in [1.82, 2.24) is 9.88 Å². The lowest BCUT2D eigenvalue weighted by molar-refractivity contribution is 0.132. The number of nitrogens with zero attached hydrogens (tertiary/aromatic N) is 1. The monoisotopic (exact) mass is 404 g/mol. The van der Waals surface area contributed by atoms with E-state index >= 15 is 0 Å². The summed E-state index contributed by atoms with van der Waals surface area (Å²) in [4.78, 5) is 0. The van der Waals surface area contributed by atoms with Crippen molar-refractivity contribution in [2.45, 2.75) is 18.8 Å². The highest BCUT2D eigenvalue weighted by atomic mass is 19.1. The maximum Gasteiger partial charge on any atom is 0.123 e. The predicted molar refractivity (Wildman–Crippen MR) is 117 cm³/mol. The van der Waals surface area contributed by atoms with Crippen LogP contribution in [0.2, 0.25) is 0 Å². The molecule has 0 unspecified atom stereocenters. The van der Waals surface area contributed by atoms with Crippen molar-refractivity contribution in [3.8, 4) is 5.75 Å². The zero-order valence-electron chi connectivity index (χ0n) is 16.8. The van der Waals surface area contributed by atoms with E-state index in [2.05, 4.69) is 5.32 Å². The Bertz CT molecular complexity index is 1110. The quantitative estimate of drug-likeness (QED) is 0.454. The summed E-state index contributed by atoms with van der Waals surface area (Å²) in [7, 11) is 1.79. The van der Waals surface area contributed by atoms with Gasteiger partial charge in [-0.1, -0.05) is 42.5 Å². The fraction of sp³-hybridized carbons (Fsp3) is 0.200. The van der Waals surface area contributed by atoms with Crippen molar-refractivity contribution in [1.29, 1.82) is 0 Å². The topological polar surface area (TPSA) is 46.4 Å². The molecule has 4 aromatic rings. The van der Waals surface area contributed by atoms with Crippen molar-refractivity contribution in [3.63, 3.8) is 0 Å².